The van der Waals surface area contributed by atoms with Gasteiger partial charge in [-0.25, -0.2) is 0 Å². The monoisotopic (exact) mass is 164 g/mol. The maximum atomic E-state index is 5.07. The third-order valence-corrected chi connectivity index (χ3v) is 1.72. The van der Waals surface area contributed by atoms with Crippen LogP contribution >= 0.6 is 0 Å². The molecule has 0 saturated heterocycles. The number of rotatable bonds is 1. The number of nitrogens with one attached hydrogen (secondary N) is 1. The van der Waals surface area contributed by atoms with Crippen molar-refractivity contribution in [3.63, 3.8) is 0 Å². The number of aromatic nitrogens is 3. The van der Waals surface area contributed by atoms with E-state index in [4.69, 9.17) is 4.84 Å². The summed E-state index contributed by atoms with van der Waals surface area (Å²) in [5.41, 5.74) is 1.80. The molecule has 0 saturated carbocycles. The van der Waals surface area contributed by atoms with E-state index >= 15 is 0 Å². The van der Waals surface area contributed by atoms with E-state index in [1.165, 1.54) is 0 Å². The Labute approximate surface area is 69.8 Å². The summed E-state index contributed by atoms with van der Waals surface area (Å²) < 4.78 is 1.62. The van der Waals surface area contributed by atoms with Gasteiger partial charge in [-0.2, -0.15) is 0 Å². The fraction of sp³-hybridized carbons (Fsp3) is 0.250. The van der Waals surface area contributed by atoms with Crippen LogP contribution in [0.2, 0.25) is 0 Å². The summed E-state index contributed by atoms with van der Waals surface area (Å²) in [4.78, 5) is 12.5. The lowest BCUT2D eigenvalue weighted by Crippen LogP contribution is -2.40. The van der Waals surface area contributed by atoms with Gasteiger partial charge >= 0.3 is 5.65 Å². The fourth-order valence-corrected chi connectivity index (χ4v) is 1.22. The van der Waals surface area contributed by atoms with Crippen LogP contribution in [0, 0.1) is 6.92 Å². The number of imidazole rings is 1. The van der Waals surface area contributed by atoms with Crippen LogP contribution in [0.4, 0.5) is 0 Å². The van der Waals surface area contributed by atoms with Crippen LogP contribution in [0.25, 0.3) is 11.2 Å². The minimum atomic E-state index is 0.817. The molecule has 0 bridgehead atoms. The second-order valence-corrected chi connectivity index (χ2v) is 2.58. The zero-order chi connectivity index (χ0) is 8.55. The van der Waals surface area contributed by atoms with Crippen molar-refractivity contribution in [2.75, 3.05) is 7.11 Å². The van der Waals surface area contributed by atoms with Crippen molar-refractivity contribution >= 4 is 11.2 Å². The van der Waals surface area contributed by atoms with Crippen molar-refractivity contribution in [2.24, 2.45) is 0 Å². The van der Waals surface area contributed by atoms with E-state index in [2.05, 4.69) is 9.97 Å². The molecule has 0 aliphatic rings. The zero-order valence-corrected chi connectivity index (χ0v) is 7.03. The van der Waals surface area contributed by atoms with Crippen molar-refractivity contribution in [2.45, 2.75) is 6.92 Å². The number of hydrogen-bond acceptors (Lipinski definition) is 2. The number of aromatic amines is 1. The van der Waals surface area contributed by atoms with Gasteiger partial charge in [0.25, 0.3) is 0 Å². The minimum Gasteiger partial charge on any atom is -0.339 e. The molecular weight excluding hydrogens is 154 g/mol. The Balaban J connectivity index is 2.78. The van der Waals surface area contributed by atoms with E-state index in [0.717, 1.165) is 17.0 Å². The second-order valence-electron chi connectivity index (χ2n) is 2.58. The summed E-state index contributed by atoms with van der Waals surface area (Å²) in [7, 11) is 1.61. The molecular formula is C8H10N3O+. The molecule has 0 unspecified atom stereocenters. The van der Waals surface area contributed by atoms with Gasteiger partial charge in [0.05, 0.1) is 0 Å². The van der Waals surface area contributed by atoms with Gasteiger partial charge < -0.3 is 9.82 Å². The van der Waals surface area contributed by atoms with Crippen LogP contribution in [0.1, 0.15) is 5.82 Å². The van der Waals surface area contributed by atoms with E-state index in [9.17, 15) is 0 Å². The molecule has 2 aromatic heterocycles. The molecule has 0 aromatic carbocycles. The predicted octanol–water partition coefficient (Wildman–Crippen LogP) is 0.217. The molecule has 0 radical (unpaired) electrons. The summed E-state index contributed by atoms with van der Waals surface area (Å²) in [6.45, 7) is 1.92. The van der Waals surface area contributed by atoms with Gasteiger partial charge in [-0.1, -0.05) is 0 Å². The van der Waals surface area contributed by atoms with Gasteiger partial charge in [0.15, 0.2) is 0 Å². The fourth-order valence-electron chi connectivity index (χ4n) is 1.22. The van der Waals surface area contributed by atoms with Gasteiger partial charge in [-0.15, -0.1) is 0 Å². The normalized spacial score (nSPS) is 10.5. The minimum absolute atomic E-state index is 0.817. The Bertz CT molecular complexity index is 408. The topological polar surface area (TPSA) is 41.8 Å². The van der Waals surface area contributed by atoms with E-state index in [1.54, 1.807) is 11.8 Å². The summed E-state index contributed by atoms with van der Waals surface area (Å²) in [6.07, 6.45) is 1.82. The van der Waals surface area contributed by atoms with Crippen molar-refractivity contribution in [3.05, 3.63) is 24.2 Å². The molecule has 2 heterocycles. The Morgan fingerprint density at radius 2 is 2.42 bits per heavy atom. The van der Waals surface area contributed by atoms with Gasteiger partial charge in [-0.05, 0) is 21.8 Å². The van der Waals surface area contributed by atoms with E-state index in [0.29, 0.717) is 0 Å². The molecule has 62 valence electrons. The van der Waals surface area contributed by atoms with E-state index < -0.39 is 0 Å². The Morgan fingerprint density at radius 3 is 3.17 bits per heavy atom. The molecule has 4 nitrogen and oxygen atoms in total. The van der Waals surface area contributed by atoms with Crippen LogP contribution in [0.5, 0.6) is 0 Å². The van der Waals surface area contributed by atoms with Gasteiger partial charge in [0.1, 0.15) is 18.8 Å². The third-order valence-electron chi connectivity index (χ3n) is 1.72. The average Bonchev–Trinajstić information content (AvgIpc) is 2.44. The van der Waals surface area contributed by atoms with Crippen molar-refractivity contribution in [1.82, 2.24) is 9.97 Å². The molecule has 2 aromatic rings. The number of H-pyrrole nitrogens is 1. The van der Waals surface area contributed by atoms with Crippen LogP contribution in [-0.2, 0) is 0 Å². The lowest BCUT2D eigenvalue weighted by atomic mass is 10.4. The molecule has 0 fully saturated rings. The number of pyridine rings is 1. The number of aryl methyl sites for hydroxylation is 1. The van der Waals surface area contributed by atoms with Gasteiger partial charge in [-0.3, -0.25) is 0 Å². The molecule has 0 aliphatic carbocycles. The van der Waals surface area contributed by atoms with Crippen molar-refractivity contribution < 1.29 is 9.57 Å². The molecule has 0 aliphatic heterocycles. The number of fused-ring (bicyclic) bond motifs is 1. The summed E-state index contributed by atoms with van der Waals surface area (Å²) in [5, 5.41) is 0. The molecule has 12 heavy (non-hydrogen) atoms. The highest BCUT2D eigenvalue weighted by Gasteiger charge is 2.12. The first-order chi connectivity index (χ1) is 5.81. The molecule has 0 spiro atoms. The number of hydrogen-bond donors (Lipinski definition) is 1. The van der Waals surface area contributed by atoms with Crippen molar-refractivity contribution in [3.8, 4) is 0 Å². The lowest BCUT2D eigenvalue weighted by Gasteiger charge is -1.92. The maximum absolute atomic E-state index is 5.07. The zero-order valence-electron chi connectivity index (χ0n) is 7.03. The summed E-state index contributed by atoms with van der Waals surface area (Å²) >= 11 is 0. The van der Waals surface area contributed by atoms with E-state index in [-0.39, 0.29) is 0 Å². The molecule has 0 atom stereocenters. The van der Waals surface area contributed by atoms with Crippen LogP contribution < -0.4 is 9.57 Å². The van der Waals surface area contributed by atoms with Crippen molar-refractivity contribution in [1.29, 1.82) is 0 Å². The SMILES string of the molecule is CO[n+]1cccc2[nH]c(C)nc21. The highest BCUT2D eigenvalue weighted by Crippen LogP contribution is 2.03. The quantitative estimate of drug-likeness (QED) is 0.612. The number of nitrogens with zero attached hydrogens (tertiary/aromatic N) is 2. The molecule has 1 N–H and O–H groups in total. The van der Waals surface area contributed by atoms with Crippen LogP contribution in [-0.4, -0.2) is 17.1 Å². The van der Waals surface area contributed by atoms with E-state index in [1.807, 2.05) is 25.3 Å². The van der Waals surface area contributed by atoms with Crippen LogP contribution in [0.3, 0.4) is 0 Å². The smallest absolute Gasteiger partial charge is 0.339 e. The standard InChI is InChI=1S/C8H9N3O/c1-6-9-7-4-3-5-11(12-2)8(7)10-6/h3-5H,1-2H3/p+1. The van der Waals surface area contributed by atoms with Crippen LogP contribution in [0.15, 0.2) is 18.3 Å². The molecule has 4 heteroatoms. The maximum Gasteiger partial charge on any atom is 0.387 e. The summed E-state index contributed by atoms with van der Waals surface area (Å²) in [6, 6.07) is 3.87. The first kappa shape index (κ1) is 7.09. The second kappa shape index (κ2) is 2.48. The molecule has 2 rings (SSSR count). The Morgan fingerprint density at radius 1 is 1.58 bits per heavy atom. The Kier molecular flexibility index (Phi) is 1.46. The highest BCUT2D eigenvalue weighted by molar-refractivity contribution is 5.66. The summed E-state index contributed by atoms with van der Waals surface area (Å²) in [5.74, 6) is 0.891. The lowest BCUT2D eigenvalue weighted by molar-refractivity contribution is -0.866. The third kappa shape index (κ3) is 0.922. The highest BCUT2D eigenvalue weighted by atomic mass is 16.6. The first-order valence-electron chi connectivity index (χ1n) is 3.73. The largest absolute Gasteiger partial charge is 0.387 e. The first-order valence-corrected chi connectivity index (χ1v) is 3.73. The predicted molar refractivity (Wildman–Crippen MR) is 43.5 cm³/mol. The average molecular weight is 164 g/mol. The van der Waals surface area contributed by atoms with Gasteiger partial charge in [0, 0.05) is 6.92 Å². The molecule has 0 amide bonds. The Hall–Kier alpha value is -1.58. The van der Waals surface area contributed by atoms with Gasteiger partial charge in [0.2, 0.25) is 5.82 Å².